The number of rotatable bonds is 11. The molecule has 1 aliphatic rings. The van der Waals surface area contributed by atoms with E-state index in [9.17, 15) is 4.79 Å². The molecule has 1 atom stereocenters. The zero-order valence-corrected chi connectivity index (χ0v) is 20.8. The number of guanidine groups is 1. The quantitative estimate of drug-likeness (QED) is 0.177. The maximum atomic E-state index is 11.4. The van der Waals surface area contributed by atoms with Gasteiger partial charge in [0.1, 0.15) is 0 Å². The molecule has 0 saturated carbocycles. The number of halogens is 1. The Bertz CT molecular complexity index is 627. The SMILES string of the molecule is CCN(CCCNC(=NC)NCCCN1CCCC(C(N)=O)C1)c1ccccc1.I. The standard InChI is InChI=1S/C22H38N6O.HI/c1-3-28(20-11-5-4-6-12-20)17-9-14-26-22(24-2)25-13-8-16-27-15-7-10-19(18-27)21(23)29;/h4-6,11-12,19H,3,7-10,13-18H2,1-2H3,(H2,23,29)(H2,24,25,26);1H. The van der Waals surface area contributed by atoms with Crippen molar-refractivity contribution in [3.05, 3.63) is 30.3 Å². The van der Waals surface area contributed by atoms with Gasteiger partial charge in [0.2, 0.25) is 5.91 Å². The highest BCUT2D eigenvalue weighted by Gasteiger charge is 2.23. The zero-order valence-electron chi connectivity index (χ0n) is 18.5. The van der Waals surface area contributed by atoms with Crippen LogP contribution in [-0.2, 0) is 4.79 Å². The van der Waals surface area contributed by atoms with Gasteiger partial charge in [-0.15, -0.1) is 24.0 Å². The smallest absolute Gasteiger partial charge is 0.221 e. The monoisotopic (exact) mass is 530 g/mol. The van der Waals surface area contributed by atoms with Gasteiger partial charge in [0.25, 0.3) is 0 Å². The summed E-state index contributed by atoms with van der Waals surface area (Å²) < 4.78 is 0. The third-order valence-electron chi connectivity index (χ3n) is 5.48. The van der Waals surface area contributed by atoms with Gasteiger partial charge in [0.15, 0.2) is 5.96 Å². The van der Waals surface area contributed by atoms with Crippen molar-refractivity contribution in [3.8, 4) is 0 Å². The van der Waals surface area contributed by atoms with E-state index in [1.54, 1.807) is 7.05 Å². The largest absolute Gasteiger partial charge is 0.372 e. The maximum Gasteiger partial charge on any atom is 0.221 e. The molecule has 0 spiro atoms. The van der Waals surface area contributed by atoms with Crippen LogP contribution in [0.25, 0.3) is 0 Å². The van der Waals surface area contributed by atoms with Crippen LogP contribution >= 0.6 is 24.0 Å². The van der Waals surface area contributed by atoms with Gasteiger partial charge < -0.3 is 26.2 Å². The van der Waals surface area contributed by atoms with Gasteiger partial charge in [-0.1, -0.05) is 18.2 Å². The van der Waals surface area contributed by atoms with E-state index in [2.05, 4.69) is 62.7 Å². The molecule has 1 aromatic carbocycles. The summed E-state index contributed by atoms with van der Waals surface area (Å²) in [5.41, 5.74) is 6.73. The molecule has 0 aromatic heterocycles. The fraction of sp³-hybridized carbons (Fsp3) is 0.636. The summed E-state index contributed by atoms with van der Waals surface area (Å²) in [4.78, 5) is 20.4. The van der Waals surface area contributed by atoms with Gasteiger partial charge in [0, 0.05) is 45.5 Å². The Morgan fingerprint density at radius 2 is 1.93 bits per heavy atom. The van der Waals surface area contributed by atoms with E-state index in [4.69, 9.17) is 5.73 Å². The molecule has 30 heavy (non-hydrogen) atoms. The molecule has 0 bridgehead atoms. The van der Waals surface area contributed by atoms with E-state index < -0.39 is 0 Å². The topological polar surface area (TPSA) is 86.0 Å². The van der Waals surface area contributed by atoms with Gasteiger partial charge in [-0.25, -0.2) is 0 Å². The van der Waals surface area contributed by atoms with Crippen LogP contribution < -0.4 is 21.3 Å². The first-order valence-electron chi connectivity index (χ1n) is 10.9. The number of carbonyl (C=O) groups is 1. The number of benzene rings is 1. The Balaban J connectivity index is 0.00000450. The Kier molecular flexibility index (Phi) is 13.5. The van der Waals surface area contributed by atoms with Crippen molar-refractivity contribution in [2.24, 2.45) is 16.6 Å². The van der Waals surface area contributed by atoms with Crippen molar-refractivity contribution in [2.75, 3.05) is 57.8 Å². The number of nitrogens with two attached hydrogens (primary N) is 1. The number of aliphatic imine (C=N–C) groups is 1. The van der Waals surface area contributed by atoms with Gasteiger partial charge in [-0.2, -0.15) is 0 Å². The number of para-hydroxylation sites is 1. The van der Waals surface area contributed by atoms with E-state index in [0.717, 1.165) is 77.5 Å². The molecule has 1 aromatic rings. The Morgan fingerprint density at radius 3 is 2.57 bits per heavy atom. The summed E-state index contributed by atoms with van der Waals surface area (Å²) in [5, 5.41) is 6.78. The van der Waals surface area contributed by atoms with E-state index in [-0.39, 0.29) is 35.8 Å². The highest BCUT2D eigenvalue weighted by atomic mass is 127. The second-order valence-electron chi connectivity index (χ2n) is 7.59. The number of nitrogens with one attached hydrogen (secondary N) is 2. The molecule has 1 unspecified atom stereocenters. The number of primary amides is 1. The van der Waals surface area contributed by atoms with Crippen molar-refractivity contribution in [3.63, 3.8) is 0 Å². The van der Waals surface area contributed by atoms with Crippen LogP contribution in [0.2, 0.25) is 0 Å². The van der Waals surface area contributed by atoms with Crippen LogP contribution in [0, 0.1) is 5.92 Å². The minimum atomic E-state index is -0.161. The fourth-order valence-electron chi connectivity index (χ4n) is 3.81. The average molecular weight is 530 g/mol. The molecule has 1 amide bonds. The van der Waals surface area contributed by atoms with Gasteiger partial charge >= 0.3 is 0 Å². The van der Waals surface area contributed by atoms with Crippen LogP contribution in [0.3, 0.4) is 0 Å². The molecule has 7 nitrogen and oxygen atoms in total. The van der Waals surface area contributed by atoms with Crippen LogP contribution in [0.5, 0.6) is 0 Å². The van der Waals surface area contributed by atoms with E-state index in [1.165, 1.54) is 5.69 Å². The van der Waals surface area contributed by atoms with Gasteiger partial charge in [-0.05, 0) is 57.8 Å². The number of amides is 1. The molecular formula is C22H39IN6O. The number of hydrogen-bond acceptors (Lipinski definition) is 4. The minimum Gasteiger partial charge on any atom is -0.372 e. The highest BCUT2D eigenvalue weighted by Crippen LogP contribution is 2.16. The molecule has 0 radical (unpaired) electrons. The van der Waals surface area contributed by atoms with Gasteiger partial charge in [-0.3, -0.25) is 9.79 Å². The maximum absolute atomic E-state index is 11.4. The third-order valence-corrected chi connectivity index (χ3v) is 5.48. The second-order valence-corrected chi connectivity index (χ2v) is 7.59. The predicted octanol–water partition coefficient (Wildman–Crippen LogP) is 2.27. The summed E-state index contributed by atoms with van der Waals surface area (Å²) in [6, 6.07) is 10.5. The molecule has 4 N–H and O–H groups in total. The summed E-state index contributed by atoms with van der Waals surface area (Å²) in [5.74, 6) is 0.706. The average Bonchev–Trinajstić information content (AvgIpc) is 2.76. The van der Waals surface area contributed by atoms with Crippen molar-refractivity contribution < 1.29 is 4.79 Å². The lowest BCUT2D eigenvalue weighted by atomic mass is 9.97. The van der Waals surface area contributed by atoms with Crippen molar-refractivity contribution >= 4 is 41.5 Å². The summed E-state index contributed by atoms with van der Waals surface area (Å²) >= 11 is 0. The number of hydrogen-bond donors (Lipinski definition) is 3. The first-order chi connectivity index (χ1) is 14.1. The molecule has 1 heterocycles. The lowest BCUT2D eigenvalue weighted by Gasteiger charge is -2.31. The number of piperidine rings is 1. The van der Waals surface area contributed by atoms with Crippen LogP contribution in [0.15, 0.2) is 35.3 Å². The second kappa shape index (κ2) is 15.3. The minimum absolute atomic E-state index is 0. The summed E-state index contributed by atoms with van der Waals surface area (Å²) in [7, 11) is 1.81. The fourth-order valence-corrected chi connectivity index (χ4v) is 3.81. The molecule has 1 saturated heterocycles. The lowest BCUT2D eigenvalue weighted by molar-refractivity contribution is -0.123. The van der Waals surface area contributed by atoms with E-state index in [1.807, 2.05) is 0 Å². The predicted molar refractivity (Wildman–Crippen MR) is 137 cm³/mol. The molecule has 8 heteroatoms. The lowest BCUT2D eigenvalue weighted by Crippen LogP contribution is -2.43. The first kappa shape index (κ1) is 26.5. The molecule has 2 rings (SSSR count). The molecule has 1 aliphatic heterocycles. The number of likely N-dealkylation sites (tertiary alicyclic amines) is 1. The van der Waals surface area contributed by atoms with Crippen molar-refractivity contribution in [2.45, 2.75) is 32.6 Å². The first-order valence-corrected chi connectivity index (χ1v) is 10.9. The van der Waals surface area contributed by atoms with Crippen LogP contribution in [-0.4, -0.2) is 69.6 Å². The Morgan fingerprint density at radius 1 is 1.23 bits per heavy atom. The Hall–Kier alpha value is -1.55. The van der Waals surface area contributed by atoms with Gasteiger partial charge in [0.05, 0.1) is 5.92 Å². The third kappa shape index (κ3) is 9.51. The number of anilines is 1. The molecule has 170 valence electrons. The number of nitrogens with zero attached hydrogens (tertiary/aromatic N) is 3. The van der Waals surface area contributed by atoms with Crippen molar-refractivity contribution in [1.29, 1.82) is 0 Å². The van der Waals surface area contributed by atoms with Crippen molar-refractivity contribution in [1.82, 2.24) is 15.5 Å². The summed E-state index contributed by atoms with van der Waals surface area (Å²) in [6.45, 7) is 8.80. The number of carbonyl (C=O) groups excluding carboxylic acids is 1. The van der Waals surface area contributed by atoms with E-state index in [0.29, 0.717) is 0 Å². The molecule has 0 aliphatic carbocycles. The highest BCUT2D eigenvalue weighted by molar-refractivity contribution is 14.0. The molecular weight excluding hydrogens is 491 g/mol. The Labute approximate surface area is 198 Å². The van der Waals surface area contributed by atoms with E-state index >= 15 is 0 Å². The molecule has 1 fully saturated rings. The van der Waals surface area contributed by atoms with Crippen LogP contribution in [0.4, 0.5) is 5.69 Å². The normalized spacial score (nSPS) is 17.1. The zero-order chi connectivity index (χ0) is 20.9. The summed E-state index contributed by atoms with van der Waals surface area (Å²) in [6.07, 6.45) is 4.05. The van der Waals surface area contributed by atoms with Crippen LogP contribution in [0.1, 0.15) is 32.6 Å².